The van der Waals surface area contributed by atoms with Crippen molar-refractivity contribution in [2.24, 2.45) is 5.92 Å². The van der Waals surface area contributed by atoms with Crippen LogP contribution in [-0.2, 0) is 34.2 Å². The molecule has 4 rings (SSSR count). The van der Waals surface area contributed by atoms with Crippen molar-refractivity contribution < 1.29 is 57.5 Å². The van der Waals surface area contributed by atoms with Crippen molar-refractivity contribution in [2.45, 2.75) is 104 Å². The first kappa shape index (κ1) is 40.2. The number of rotatable bonds is 9. The van der Waals surface area contributed by atoms with Gasteiger partial charge in [0.2, 0.25) is 0 Å². The van der Waals surface area contributed by atoms with Gasteiger partial charge in [-0.05, 0) is 86.0 Å². The lowest BCUT2D eigenvalue weighted by Crippen LogP contribution is -2.53. The second-order valence-electron chi connectivity index (χ2n) is 14.9. The molecule has 0 N–H and O–H groups in total. The van der Waals surface area contributed by atoms with E-state index >= 15 is 0 Å². The molecule has 1 amide bonds. The third kappa shape index (κ3) is 6.97. The first-order valence-electron chi connectivity index (χ1n) is 16.2. The highest BCUT2D eigenvalue weighted by Crippen LogP contribution is 2.54. The second kappa shape index (κ2) is 13.4. The van der Waals surface area contributed by atoms with Crippen LogP contribution in [0.4, 0.5) is 35.1 Å². The van der Waals surface area contributed by atoms with E-state index in [0.717, 1.165) is 24.3 Å². The molecule has 2 aromatic rings. The lowest BCUT2D eigenvalue weighted by atomic mass is 9.78. The van der Waals surface area contributed by atoms with Gasteiger partial charge < -0.3 is 14.1 Å². The highest BCUT2D eigenvalue weighted by atomic mass is 32.2. The molecular formula is C34H43F8NO5SSi. The standard InChI is InChI=1S/C34H43F8NO5SSi/c1-29(2,3)50(5,6)48-21-23-15-17-30(47-4,18-16-23)28(44)43-20-19-31(22-43,49(45,46)27-13-11-26(35)12-14-27)24-7-9-25(10-8-24)32(36,33(37,38)39)34(40,41)42/h7-14,23H,15-22H2,1-6H3/t23?,30?,31-/m0/s1. The van der Waals surface area contributed by atoms with E-state index in [-0.39, 0.29) is 46.5 Å². The molecule has 6 nitrogen and oxygen atoms in total. The van der Waals surface area contributed by atoms with E-state index in [1.165, 1.54) is 12.0 Å². The molecule has 1 saturated carbocycles. The van der Waals surface area contributed by atoms with Gasteiger partial charge in [0.1, 0.15) is 16.2 Å². The summed E-state index contributed by atoms with van der Waals surface area (Å²) < 4.78 is 148. The summed E-state index contributed by atoms with van der Waals surface area (Å²) in [5.74, 6) is -1.10. The Hall–Kier alpha value is -2.56. The van der Waals surface area contributed by atoms with Crippen LogP contribution in [0.3, 0.4) is 0 Å². The second-order valence-corrected chi connectivity index (χ2v) is 21.9. The summed E-state index contributed by atoms with van der Waals surface area (Å²) in [5.41, 5.74) is -9.07. The Morgan fingerprint density at radius 2 is 1.40 bits per heavy atom. The number of amides is 1. The zero-order chi connectivity index (χ0) is 37.8. The van der Waals surface area contributed by atoms with Crippen LogP contribution in [-0.4, -0.2) is 72.3 Å². The van der Waals surface area contributed by atoms with Gasteiger partial charge in [-0.2, -0.15) is 26.3 Å². The summed E-state index contributed by atoms with van der Waals surface area (Å²) in [6, 6.07) is 5.66. The van der Waals surface area contributed by atoms with Crippen LogP contribution in [0.1, 0.15) is 64.0 Å². The molecule has 0 spiro atoms. The summed E-state index contributed by atoms with van der Waals surface area (Å²) in [6.07, 6.45) is -11.2. The van der Waals surface area contributed by atoms with E-state index in [0.29, 0.717) is 44.4 Å². The molecule has 0 unspecified atom stereocenters. The molecule has 280 valence electrons. The lowest BCUT2D eigenvalue weighted by molar-refractivity contribution is -0.348. The maximum Gasteiger partial charge on any atom is 0.435 e. The van der Waals surface area contributed by atoms with Crippen molar-refractivity contribution in [3.8, 4) is 0 Å². The Labute approximate surface area is 288 Å². The SMILES string of the molecule is COC1(C(=O)N2CC[C@](c3ccc(C(F)(C(F)(F)F)C(F)(F)F)cc3)(S(=O)(=O)c3ccc(F)cc3)C2)CCC(CO[Si](C)(C)C(C)(C)C)CC1. The number of carbonyl (C=O) groups is 1. The Morgan fingerprint density at radius 1 is 0.880 bits per heavy atom. The first-order chi connectivity index (χ1) is 22.8. The molecule has 2 aliphatic rings. The molecule has 1 atom stereocenters. The predicted molar refractivity (Wildman–Crippen MR) is 173 cm³/mol. The van der Waals surface area contributed by atoms with Gasteiger partial charge in [-0.25, -0.2) is 17.2 Å². The monoisotopic (exact) mass is 757 g/mol. The summed E-state index contributed by atoms with van der Waals surface area (Å²) in [5, 5.41) is 0.0103. The smallest absolute Gasteiger partial charge is 0.417 e. The fourth-order valence-corrected chi connectivity index (χ4v) is 9.71. The van der Waals surface area contributed by atoms with Gasteiger partial charge in [0.15, 0.2) is 18.2 Å². The topological polar surface area (TPSA) is 72.9 Å². The van der Waals surface area contributed by atoms with E-state index in [2.05, 4.69) is 33.9 Å². The average Bonchev–Trinajstić information content (AvgIpc) is 3.49. The van der Waals surface area contributed by atoms with Crippen molar-refractivity contribution in [1.82, 2.24) is 4.90 Å². The van der Waals surface area contributed by atoms with Gasteiger partial charge in [0.25, 0.3) is 5.91 Å². The fourth-order valence-electron chi connectivity index (χ4n) is 6.54. The molecule has 0 aromatic heterocycles. The van der Waals surface area contributed by atoms with E-state index in [4.69, 9.17) is 9.16 Å². The van der Waals surface area contributed by atoms with E-state index in [1.54, 1.807) is 0 Å². The van der Waals surface area contributed by atoms with Crippen molar-refractivity contribution in [2.75, 3.05) is 26.8 Å². The number of halogens is 8. The number of sulfone groups is 1. The molecule has 0 radical (unpaired) electrons. The van der Waals surface area contributed by atoms with Crippen LogP contribution in [0.5, 0.6) is 0 Å². The Morgan fingerprint density at radius 3 is 1.86 bits per heavy atom. The van der Waals surface area contributed by atoms with Gasteiger partial charge in [0, 0.05) is 32.4 Å². The molecule has 0 bridgehead atoms. The van der Waals surface area contributed by atoms with Crippen LogP contribution in [0.2, 0.25) is 18.1 Å². The maximum atomic E-state index is 14.8. The predicted octanol–water partition coefficient (Wildman–Crippen LogP) is 8.61. The number of alkyl halides is 7. The average molecular weight is 758 g/mol. The number of ether oxygens (including phenoxy) is 1. The minimum Gasteiger partial charge on any atom is -0.417 e. The lowest BCUT2D eigenvalue weighted by Gasteiger charge is -2.42. The Bertz CT molecular complexity index is 1620. The molecule has 50 heavy (non-hydrogen) atoms. The fraction of sp³-hybridized carbons (Fsp3) is 0.618. The van der Waals surface area contributed by atoms with Gasteiger partial charge in [-0.15, -0.1) is 0 Å². The van der Waals surface area contributed by atoms with Gasteiger partial charge in [0.05, 0.1) is 4.90 Å². The molecule has 1 aliphatic carbocycles. The van der Waals surface area contributed by atoms with E-state index < -0.39 is 70.4 Å². The quantitative estimate of drug-likeness (QED) is 0.146. The largest absolute Gasteiger partial charge is 0.435 e. The van der Waals surface area contributed by atoms with Crippen molar-refractivity contribution in [3.63, 3.8) is 0 Å². The zero-order valence-corrected chi connectivity index (χ0v) is 30.6. The maximum absolute atomic E-state index is 14.8. The molecule has 2 fully saturated rings. The van der Waals surface area contributed by atoms with Crippen LogP contribution in [0.15, 0.2) is 53.4 Å². The highest BCUT2D eigenvalue weighted by Gasteiger charge is 2.73. The van der Waals surface area contributed by atoms with Crippen LogP contribution in [0, 0.1) is 11.7 Å². The van der Waals surface area contributed by atoms with E-state index in [9.17, 15) is 48.3 Å². The van der Waals surface area contributed by atoms with Crippen molar-refractivity contribution >= 4 is 24.1 Å². The number of benzene rings is 2. The van der Waals surface area contributed by atoms with Gasteiger partial charge >= 0.3 is 18.0 Å². The van der Waals surface area contributed by atoms with Crippen molar-refractivity contribution in [1.29, 1.82) is 0 Å². The normalized spacial score (nSPS) is 24.4. The number of hydrogen-bond acceptors (Lipinski definition) is 5. The van der Waals surface area contributed by atoms with Crippen molar-refractivity contribution in [3.05, 3.63) is 65.5 Å². The molecule has 1 aliphatic heterocycles. The number of carbonyl (C=O) groups excluding carboxylic acids is 1. The van der Waals surface area contributed by atoms with Gasteiger partial charge in [-0.3, -0.25) is 4.79 Å². The zero-order valence-electron chi connectivity index (χ0n) is 28.8. The summed E-state index contributed by atoms with van der Waals surface area (Å²) in [6.45, 7) is 10.5. The number of hydrogen-bond donors (Lipinski definition) is 0. The Kier molecular flexibility index (Phi) is 10.8. The molecule has 1 saturated heterocycles. The van der Waals surface area contributed by atoms with Crippen LogP contribution in [0.25, 0.3) is 0 Å². The third-order valence-corrected chi connectivity index (χ3v) is 17.9. The van der Waals surface area contributed by atoms with Crippen LogP contribution < -0.4 is 0 Å². The molecular weight excluding hydrogens is 715 g/mol. The number of likely N-dealkylation sites (tertiary alicyclic amines) is 1. The third-order valence-electron chi connectivity index (χ3n) is 10.9. The highest BCUT2D eigenvalue weighted by molar-refractivity contribution is 7.92. The van der Waals surface area contributed by atoms with E-state index in [1.807, 2.05) is 0 Å². The minimum atomic E-state index is -6.37. The Balaban J connectivity index is 1.67. The van der Waals surface area contributed by atoms with Crippen LogP contribution >= 0.6 is 0 Å². The molecule has 1 heterocycles. The summed E-state index contributed by atoms with van der Waals surface area (Å²) in [7, 11) is -5.23. The molecule has 16 heteroatoms. The van der Waals surface area contributed by atoms with Gasteiger partial charge in [-0.1, -0.05) is 45.0 Å². The summed E-state index contributed by atoms with van der Waals surface area (Å²) in [4.78, 5) is 15.1. The number of nitrogens with zero attached hydrogens (tertiary/aromatic N) is 1. The first-order valence-corrected chi connectivity index (χ1v) is 20.6. The minimum absolute atomic E-state index is 0.0103. The molecule has 2 aromatic carbocycles. The summed E-state index contributed by atoms with van der Waals surface area (Å²) >= 11 is 0. The number of methoxy groups -OCH3 is 1.